The Balaban J connectivity index is 1.92. The van der Waals surface area contributed by atoms with Crippen molar-refractivity contribution < 1.29 is 14.1 Å². The topological polar surface area (TPSA) is 111 Å². The van der Waals surface area contributed by atoms with E-state index in [2.05, 4.69) is 15.3 Å². The Labute approximate surface area is 172 Å². The number of fused-ring (bicyclic) bond motifs is 1. The van der Waals surface area contributed by atoms with Gasteiger partial charge in [0.15, 0.2) is 5.13 Å². The van der Waals surface area contributed by atoms with E-state index in [-0.39, 0.29) is 16.8 Å². The van der Waals surface area contributed by atoms with Crippen molar-refractivity contribution >= 4 is 56.3 Å². The van der Waals surface area contributed by atoms with Crippen LogP contribution in [0, 0.1) is 10.1 Å². The molecule has 0 aliphatic carbocycles. The number of aromatic nitrogens is 1. The fraction of sp³-hybridized carbons (Fsp3) is 0. The number of carbonyl (C=O) groups is 1. The number of hydrogen-bond acceptors (Lipinski definition) is 7. The van der Waals surface area contributed by atoms with Crippen LogP contribution in [-0.4, -0.2) is 15.8 Å². The van der Waals surface area contributed by atoms with Gasteiger partial charge in [-0.1, -0.05) is 23.7 Å². The fourth-order valence-electron chi connectivity index (χ4n) is 2.58. The van der Waals surface area contributed by atoms with Crippen LogP contribution in [-0.2, 0) is 0 Å². The van der Waals surface area contributed by atoms with Crippen molar-refractivity contribution in [3.63, 3.8) is 0 Å². The lowest BCUT2D eigenvalue weighted by Gasteiger charge is -2.05. The molecule has 0 saturated carbocycles. The molecule has 2 heterocycles. The van der Waals surface area contributed by atoms with Crippen molar-refractivity contribution in [3.8, 4) is 0 Å². The van der Waals surface area contributed by atoms with Gasteiger partial charge in [-0.2, -0.15) is 0 Å². The molecule has 2 aromatic heterocycles. The number of benzene rings is 2. The molecular weight excluding hydrogens is 416 g/mol. The van der Waals surface area contributed by atoms with Gasteiger partial charge in [-0.3, -0.25) is 20.2 Å². The summed E-state index contributed by atoms with van der Waals surface area (Å²) in [5, 5.41) is 16.6. The number of rotatable bonds is 4. The number of anilines is 1. The zero-order valence-electron chi connectivity index (χ0n) is 14.5. The Morgan fingerprint density at radius 1 is 1.24 bits per heavy atom. The highest BCUT2D eigenvalue weighted by Crippen LogP contribution is 2.25. The maximum Gasteiger partial charge on any atom is 0.270 e. The Hall–Kier alpha value is -3.56. The molecule has 2 aromatic carbocycles. The smallest absolute Gasteiger partial charge is 0.270 e. The zero-order chi connectivity index (χ0) is 20.4. The Morgan fingerprint density at radius 3 is 2.79 bits per heavy atom. The predicted octanol–water partition coefficient (Wildman–Crippen LogP) is 4.94. The quantitative estimate of drug-likeness (QED) is 0.367. The number of nitrogens with one attached hydrogen (secondary N) is 1. The first-order valence-electron chi connectivity index (χ1n) is 8.24. The highest BCUT2D eigenvalue weighted by atomic mass is 35.5. The molecule has 0 aliphatic heterocycles. The van der Waals surface area contributed by atoms with E-state index in [1.54, 1.807) is 35.8 Å². The summed E-state index contributed by atoms with van der Waals surface area (Å²) in [7, 11) is 0. The van der Waals surface area contributed by atoms with E-state index in [9.17, 15) is 14.9 Å². The molecule has 0 saturated heterocycles. The average Bonchev–Trinajstić information content (AvgIpc) is 3.21. The number of nitrogens with zero attached hydrogens (tertiary/aromatic N) is 3. The molecule has 0 bridgehead atoms. The molecule has 0 spiro atoms. The first-order valence-corrected chi connectivity index (χ1v) is 9.49. The van der Waals surface area contributed by atoms with E-state index in [0.29, 0.717) is 26.8 Å². The van der Waals surface area contributed by atoms with Gasteiger partial charge < -0.3 is 4.42 Å². The summed E-state index contributed by atoms with van der Waals surface area (Å²) in [5.74, 6) is -0.511. The first kappa shape index (κ1) is 18.8. The first-order chi connectivity index (χ1) is 14.0. The number of amides is 1. The van der Waals surface area contributed by atoms with Gasteiger partial charge in [0.25, 0.3) is 11.6 Å². The number of nitro groups is 1. The van der Waals surface area contributed by atoms with Crippen LogP contribution in [0.4, 0.5) is 16.5 Å². The predicted molar refractivity (Wildman–Crippen MR) is 110 cm³/mol. The van der Waals surface area contributed by atoms with Crippen molar-refractivity contribution in [1.29, 1.82) is 0 Å². The lowest BCUT2D eigenvalue weighted by molar-refractivity contribution is -0.384. The second kappa shape index (κ2) is 7.82. The number of carbonyl (C=O) groups excluding carboxylic acids is 1. The van der Waals surface area contributed by atoms with Crippen LogP contribution >= 0.6 is 22.9 Å². The van der Waals surface area contributed by atoms with Gasteiger partial charge in [-0.15, -0.1) is 11.3 Å². The van der Waals surface area contributed by atoms with Crippen molar-refractivity contribution in [2.75, 3.05) is 5.32 Å². The largest absolute Gasteiger partial charge is 0.438 e. The van der Waals surface area contributed by atoms with Crippen molar-refractivity contribution in [2.24, 2.45) is 4.99 Å². The highest BCUT2D eigenvalue weighted by molar-refractivity contribution is 7.13. The fourth-order valence-corrected chi connectivity index (χ4v) is 3.28. The molecule has 144 valence electrons. The number of para-hydroxylation sites is 1. The molecule has 4 rings (SSSR count). The van der Waals surface area contributed by atoms with Crippen molar-refractivity contribution in [3.05, 3.63) is 86.4 Å². The number of hydrogen-bond donors (Lipinski definition) is 1. The Kier molecular flexibility index (Phi) is 5.07. The molecule has 0 aliphatic rings. The maximum atomic E-state index is 12.8. The van der Waals surface area contributed by atoms with E-state index >= 15 is 0 Å². The van der Waals surface area contributed by atoms with E-state index in [0.717, 1.165) is 0 Å². The third kappa shape index (κ3) is 4.00. The van der Waals surface area contributed by atoms with Crippen LogP contribution in [0.1, 0.15) is 10.4 Å². The van der Waals surface area contributed by atoms with Crippen LogP contribution < -0.4 is 10.9 Å². The molecule has 0 atom stereocenters. The van der Waals surface area contributed by atoms with Crippen LogP contribution in [0.3, 0.4) is 0 Å². The van der Waals surface area contributed by atoms with E-state index in [1.807, 2.05) is 0 Å². The van der Waals surface area contributed by atoms with Crippen LogP contribution in [0.5, 0.6) is 0 Å². The summed E-state index contributed by atoms with van der Waals surface area (Å²) in [6.07, 6.45) is 1.56. The molecule has 0 unspecified atom stereocenters. The van der Waals surface area contributed by atoms with Gasteiger partial charge >= 0.3 is 0 Å². The van der Waals surface area contributed by atoms with Crippen LogP contribution in [0.15, 0.2) is 69.5 Å². The maximum absolute atomic E-state index is 12.8. The summed E-state index contributed by atoms with van der Waals surface area (Å²) in [5.41, 5.74) is 0.756. The summed E-state index contributed by atoms with van der Waals surface area (Å²) in [6.45, 7) is 0. The van der Waals surface area contributed by atoms with Crippen LogP contribution in [0.2, 0.25) is 5.02 Å². The van der Waals surface area contributed by atoms with Gasteiger partial charge in [0.1, 0.15) is 11.1 Å². The molecule has 4 aromatic rings. The minimum absolute atomic E-state index is 0.0218. The van der Waals surface area contributed by atoms with Gasteiger partial charge in [-0.05, 0) is 24.3 Å². The lowest BCUT2D eigenvalue weighted by atomic mass is 10.1. The third-order valence-electron chi connectivity index (χ3n) is 3.91. The average molecular weight is 427 g/mol. The lowest BCUT2D eigenvalue weighted by Crippen LogP contribution is -2.21. The molecule has 10 heteroatoms. The Bertz CT molecular complexity index is 1300. The summed E-state index contributed by atoms with van der Waals surface area (Å²) >= 11 is 7.43. The molecule has 0 radical (unpaired) electrons. The molecule has 8 nitrogen and oxygen atoms in total. The summed E-state index contributed by atoms with van der Waals surface area (Å²) in [4.78, 5) is 31.8. The third-order valence-corrected chi connectivity index (χ3v) is 4.92. The van der Waals surface area contributed by atoms with Crippen molar-refractivity contribution in [1.82, 2.24) is 4.98 Å². The van der Waals surface area contributed by atoms with E-state index < -0.39 is 10.8 Å². The SMILES string of the molecule is O=C(Nc1nccs1)c1cc2cc([N+](=O)[O-])ccc2oc1=Nc1ccccc1Cl. The molecule has 0 fully saturated rings. The number of non-ortho nitro benzene ring substituents is 1. The monoisotopic (exact) mass is 426 g/mol. The second-order valence-electron chi connectivity index (χ2n) is 5.80. The molecule has 1 N–H and O–H groups in total. The number of nitro benzene ring substituents is 1. The zero-order valence-corrected chi connectivity index (χ0v) is 16.1. The molecule has 29 heavy (non-hydrogen) atoms. The molecule has 1 amide bonds. The van der Waals surface area contributed by atoms with E-state index in [4.69, 9.17) is 16.0 Å². The summed E-state index contributed by atoms with van der Waals surface area (Å²) < 4.78 is 5.80. The minimum Gasteiger partial charge on any atom is -0.438 e. The van der Waals surface area contributed by atoms with Gasteiger partial charge in [0.2, 0.25) is 5.55 Å². The van der Waals surface area contributed by atoms with Gasteiger partial charge in [-0.25, -0.2) is 9.98 Å². The highest BCUT2D eigenvalue weighted by Gasteiger charge is 2.16. The van der Waals surface area contributed by atoms with Crippen molar-refractivity contribution in [2.45, 2.75) is 0 Å². The van der Waals surface area contributed by atoms with E-state index in [1.165, 1.54) is 35.6 Å². The molecular formula is C19H11ClN4O4S. The Morgan fingerprint density at radius 2 is 2.07 bits per heavy atom. The number of thiazole rings is 1. The normalized spacial score (nSPS) is 11.6. The summed E-state index contributed by atoms with van der Waals surface area (Å²) in [6, 6.07) is 12.5. The number of halogens is 1. The minimum atomic E-state index is -0.517. The van der Waals surface area contributed by atoms with Gasteiger partial charge in [0, 0.05) is 29.1 Å². The second-order valence-corrected chi connectivity index (χ2v) is 7.10. The van der Waals surface area contributed by atoms with Crippen LogP contribution in [0.25, 0.3) is 11.0 Å². The standard InChI is InChI=1S/C19H11ClN4O4S/c20-14-3-1-2-4-15(14)22-18-13(17(25)23-19-21-7-8-29-19)10-11-9-12(24(26)27)5-6-16(11)28-18/h1-10H,(H,21,23,25). The van der Waals surface area contributed by atoms with Gasteiger partial charge in [0.05, 0.1) is 15.6 Å².